The minimum absolute atomic E-state index is 0.133. The van der Waals surface area contributed by atoms with Crippen molar-refractivity contribution in [2.75, 3.05) is 0 Å². The van der Waals surface area contributed by atoms with Gasteiger partial charge in [-0.15, -0.1) is 0 Å². The van der Waals surface area contributed by atoms with Gasteiger partial charge in [-0.1, -0.05) is 17.7 Å². The van der Waals surface area contributed by atoms with Crippen LogP contribution in [0.25, 0.3) is 10.8 Å². The molecule has 0 aromatic heterocycles. The van der Waals surface area contributed by atoms with Crippen LogP contribution in [0.15, 0.2) is 30.3 Å². The Labute approximate surface area is 95.5 Å². The topological polar surface area (TPSA) is 29.5 Å². The molecule has 0 heterocycles. The largest absolute Gasteiger partial charge is 0.507 e. The summed E-state index contributed by atoms with van der Waals surface area (Å²) in [5.74, 6) is 1.12. The van der Waals surface area contributed by atoms with Crippen molar-refractivity contribution in [3.8, 4) is 11.5 Å². The Kier molecular flexibility index (Phi) is 2.73. The van der Waals surface area contributed by atoms with Gasteiger partial charge in [-0.2, -0.15) is 0 Å². The molecule has 0 saturated heterocycles. The molecule has 0 aliphatic heterocycles. The Bertz CT molecular complexity index is 515. The second-order valence-electron chi connectivity index (χ2n) is 4.30. The summed E-state index contributed by atoms with van der Waals surface area (Å²) in [6.45, 7) is 6.02. The summed E-state index contributed by atoms with van der Waals surface area (Å²) in [6, 6.07) is 9.44. The highest BCUT2D eigenvalue weighted by Gasteiger charge is 2.07. The average molecular weight is 216 g/mol. The summed E-state index contributed by atoms with van der Waals surface area (Å²) in [6.07, 6.45) is 0.133. The Hall–Kier alpha value is -1.70. The van der Waals surface area contributed by atoms with E-state index < -0.39 is 0 Å². The Balaban J connectivity index is 2.65. The van der Waals surface area contributed by atoms with Crippen LogP contribution >= 0.6 is 0 Å². The van der Waals surface area contributed by atoms with E-state index in [1.54, 1.807) is 6.07 Å². The van der Waals surface area contributed by atoms with Crippen molar-refractivity contribution in [3.05, 3.63) is 35.9 Å². The molecule has 0 fully saturated rings. The lowest BCUT2D eigenvalue weighted by Gasteiger charge is -2.13. The zero-order valence-electron chi connectivity index (χ0n) is 9.82. The van der Waals surface area contributed by atoms with Gasteiger partial charge in [-0.05, 0) is 39.0 Å². The number of aryl methyl sites for hydroxylation is 1. The number of hydrogen-bond acceptors (Lipinski definition) is 2. The third-order valence-corrected chi connectivity index (χ3v) is 2.47. The molecule has 2 aromatic carbocycles. The van der Waals surface area contributed by atoms with Crippen LogP contribution in [0.1, 0.15) is 19.4 Å². The van der Waals surface area contributed by atoms with E-state index in [0.29, 0.717) is 5.75 Å². The van der Waals surface area contributed by atoms with Gasteiger partial charge in [0.15, 0.2) is 0 Å². The molecule has 0 amide bonds. The maximum Gasteiger partial charge on any atom is 0.127 e. The molecule has 2 heteroatoms. The van der Waals surface area contributed by atoms with E-state index in [1.165, 1.54) is 0 Å². The summed E-state index contributed by atoms with van der Waals surface area (Å²) < 4.78 is 5.73. The van der Waals surface area contributed by atoms with Gasteiger partial charge in [-0.3, -0.25) is 0 Å². The van der Waals surface area contributed by atoms with Crippen LogP contribution in [0.5, 0.6) is 11.5 Å². The van der Waals surface area contributed by atoms with Crippen molar-refractivity contribution in [2.24, 2.45) is 0 Å². The third kappa shape index (κ3) is 1.96. The number of hydrogen-bond donors (Lipinski definition) is 1. The van der Waals surface area contributed by atoms with Crippen LogP contribution < -0.4 is 4.74 Å². The second kappa shape index (κ2) is 4.05. The standard InChI is InChI=1S/C14H16O2/c1-9(2)16-14-7-6-13(15)11-5-4-10(3)8-12(11)14/h4-9,15H,1-3H3. The number of phenols is 1. The predicted octanol–water partition coefficient (Wildman–Crippen LogP) is 3.64. The van der Waals surface area contributed by atoms with Crippen LogP contribution in [0.4, 0.5) is 0 Å². The van der Waals surface area contributed by atoms with Gasteiger partial charge >= 0.3 is 0 Å². The number of aromatic hydroxyl groups is 1. The van der Waals surface area contributed by atoms with Gasteiger partial charge in [0.1, 0.15) is 11.5 Å². The molecule has 0 radical (unpaired) electrons. The molecule has 2 aromatic rings. The van der Waals surface area contributed by atoms with E-state index in [1.807, 2.05) is 45.0 Å². The first-order chi connectivity index (χ1) is 7.58. The molecule has 0 spiro atoms. The summed E-state index contributed by atoms with van der Waals surface area (Å²) in [5, 5.41) is 11.6. The molecular weight excluding hydrogens is 200 g/mol. The van der Waals surface area contributed by atoms with E-state index in [0.717, 1.165) is 22.1 Å². The molecule has 0 unspecified atom stereocenters. The monoisotopic (exact) mass is 216 g/mol. The normalized spacial score (nSPS) is 11.0. The van der Waals surface area contributed by atoms with Crippen LogP contribution in [-0.2, 0) is 0 Å². The van der Waals surface area contributed by atoms with E-state index in [2.05, 4.69) is 0 Å². The quantitative estimate of drug-likeness (QED) is 0.830. The summed E-state index contributed by atoms with van der Waals surface area (Å²) in [4.78, 5) is 0. The minimum Gasteiger partial charge on any atom is -0.507 e. The fourth-order valence-electron chi connectivity index (χ4n) is 1.78. The van der Waals surface area contributed by atoms with Crippen molar-refractivity contribution in [1.29, 1.82) is 0 Å². The molecular formula is C14H16O2. The predicted molar refractivity (Wildman–Crippen MR) is 66.1 cm³/mol. The summed E-state index contributed by atoms with van der Waals surface area (Å²) in [7, 11) is 0. The fourth-order valence-corrected chi connectivity index (χ4v) is 1.78. The molecule has 0 atom stereocenters. The SMILES string of the molecule is Cc1ccc2c(O)ccc(OC(C)C)c2c1. The van der Waals surface area contributed by atoms with Crippen molar-refractivity contribution >= 4 is 10.8 Å². The van der Waals surface area contributed by atoms with Crippen molar-refractivity contribution in [2.45, 2.75) is 26.9 Å². The van der Waals surface area contributed by atoms with Crippen LogP contribution in [0.3, 0.4) is 0 Å². The zero-order valence-corrected chi connectivity index (χ0v) is 9.82. The van der Waals surface area contributed by atoms with Crippen molar-refractivity contribution in [1.82, 2.24) is 0 Å². The summed E-state index contributed by atoms with van der Waals surface area (Å²) >= 11 is 0. The van der Waals surface area contributed by atoms with Gasteiger partial charge < -0.3 is 9.84 Å². The molecule has 0 aliphatic rings. The number of ether oxygens (including phenoxy) is 1. The molecule has 0 saturated carbocycles. The van der Waals surface area contributed by atoms with E-state index >= 15 is 0 Å². The van der Waals surface area contributed by atoms with Crippen LogP contribution in [0.2, 0.25) is 0 Å². The third-order valence-electron chi connectivity index (χ3n) is 2.47. The number of rotatable bonds is 2. The smallest absolute Gasteiger partial charge is 0.127 e. The first-order valence-electron chi connectivity index (χ1n) is 5.47. The zero-order chi connectivity index (χ0) is 11.7. The van der Waals surface area contributed by atoms with E-state index in [9.17, 15) is 5.11 Å². The number of benzene rings is 2. The Morgan fingerprint density at radius 1 is 1.06 bits per heavy atom. The first kappa shape index (κ1) is 10.8. The number of phenolic OH excluding ortho intramolecular Hbond substituents is 1. The van der Waals surface area contributed by atoms with Crippen molar-refractivity contribution in [3.63, 3.8) is 0 Å². The maximum absolute atomic E-state index is 9.77. The van der Waals surface area contributed by atoms with E-state index in [-0.39, 0.29) is 6.10 Å². The van der Waals surface area contributed by atoms with Crippen LogP contribution in [-0.4, -0.2) is 11.2 Å². The highest BCUT2D eigenvalue weighted by atomic mass is 16.5. The molecule has 0 bridgehead atoms. The van der Waals surface area contributed by atoms with Gasteiger partial charge in [0.05, 0.1) is 6.10 Å². The van der Waals surface area contributed by atoms with Crippen LogP contribution in [0, 0.1) is 6.92 Å². The molecule has 16 heavy (non-hydrogen) atoms. The van der Waals surface area contributed by atoms with Gasteiger partial charge in [0, 0.05) is 10.8 Å². The highest BCUT2D eigenvalue weighted by Crippen LogP contribution is 2.33. The first-order valence-corrected chi connectivity index (χ1v) is 5.47. The lowest BCUT2D eigenvalue weighted by molar-refractivity contribution is 0.245. The fraction of sp³-hybridized carbons (Fsp3) is 0.286. The van der Waals surface area contributed by atoms with E-state index in [4.69, 9.17) is 4.74 Å². The Morgan fingerprint density at radius 2 is 1.81 bits per heavy atom. The molecule has 1 N–H and O–H groups in total. The second-order valence-corrected chi connectivity index (χ2v) is 4.30. The van der Waals surface area contributed by atoms with Gasteiger partial charge in [-0.25, -0.2) is 0 Å². The highest BCUT2D eigenvalue weighted by molar-refractivity contribution is 5.93. The maximum atomic E-state index is 9.77. The average Bonchev–Trinajstić information content (AvgIpc) is 2.22. The van der Waals surface area contributed by atoms with Gasteiger partial charge in [0.25, 0.3) is 0 Å². The van der Waals surface area contributed by atoms with Gasteiger partial charge in [0.2, 0.25) is 0 Å². The molecule has 2 rings (SSSR count). The lowest BCUT2D eigenvalue weighted by atomic mass is 10.1. The minimum atomic E-state index is 0.133. The Morgan fingerprint density at radius 3 is 2.50 bits per heavy atom. The summed E-state index contributed by atoms with van der Waals surface area (Å²) in [5.41, 5.74) is 1.16. The molecule has 84 valence electrons. The number of fused-ring (bicyclic) bond motifs is 1. The molecule has 2 nitrogen and oxygen atoms in total. The van der Waals surface area contributed by atoms with Crippen molar-refractivity contribution < 1.29 is 9.84 Å². The lowest BCUT2D eigenvalue weighted by Crippen LogP contribution is -2.05. The molecule has 0 aliphatic carbocycles.